The summed E-state index contributed by atoms with van der Waals surface area (Å²) in [5.74, 6) is 0.203. The minimum absolute atomic E-state index is 0.0925. The van der Waals surface area contributed by atoms with Crippen LogP contribution in [0, 0.1) is 18.6 Å². The molecule has 8 heteroatoms. The highest BCUT2D eigenvalue weighted by Gasteiger charge is 2.28. The third-order valence-electron chi connectivity index (χ3n) is 5.40. The Morgan fingerprint density at radius 3 is 2.48 bits per heavy atom. The Kier molecular flexibility index (Phi) is 6.27. The number of carbonyl (C=O) groups is 1. The first-order chi connectivity index (χ1) is 15.0. The zero-order valence-corrected chi connectivity index (χ0v) is 17.2. The minimum Gasteiger partial charge on any atom is -0.489 e. The molecule has 2 heterocycles. The predicted octanol–water partition coefficient (Wildman–Crippen LogP) is 3.80. The number of piperazine rings is 1. The van der Waals surface area contributed by atoms with Crippen LogP contribution in [0.4, 0.5) is 8.78 Å². The molecule has 2 aromatic carbocycles. The van der Waals surface area contributed by atoms with Gasteiger partial charge in [-0.25, -0.2) is 8.78 Å². The Morgan fingerprint density at radius 2 is 1.77 bits per heavy atom. The van der Waals surface area contributed by atoms with Crippen LogP contribution in [0.15, 0.2) is 53.1 Å². The molecule has 4 rings (SSSR count). The monoisotopic (exact) mass is 427 g/mol. The zero-order chi connectivity index (χ0) is 21.8. The van der Waals surface area contributed by atoms with E-state index in [0.29, 0.717) is 55.4 Å². The summed E-state index contributed by atoms with van der Waals surface area (Å²) in [5.41, 5.74) is 1.44. The summed E-state index contributed by atoms with van der Waals surface area (Å²) < 4.78 is 37.9. The van der Waals surface area contributed by atoms with Gasteiger partial charge in [0, 0.05) is 38.3 Å². The van der Waals surface area contributed by atoms with Gasteiger partial charge in [-0.15, -0.1) is 0 Å². The third kappa shape index (κ3) is 4.91. The van der Waals surface area contributed by atoms with Crippen LogP contribution in [-0.4, -0.2) is 47.0 Å². The van der Waals surface area contributed by atoms with Gasteiger partial charge in [0.05, 0.1) is 5.56 Å². The van der Waals surface area contributed by atoms with Gasteiger partial charge in [0.2, 0.25) is 0 Å². The van der Waals surface area contributed by atoms with Gasteiger partial charge in [-0.2, -0.15) is 0 Å². The topological polar surface area (TPSA) is 58.8 Å². The first-order valence-electron chi connectivity index (χ1n) is 10.1. The fourth-order valence-electron chi connectivity index (χ4n) is 3.54. The van der Waals surface area contributed by atoms with Crippen molar-refractivity contribution in [1.29, 1.82) is 0 Å². The van der Waals surface area contributed by atoms with E-state index in [4.69, 9.17) is 9.26 Å². The van der Waals surface area contributed by atoms with E-state index in [1.807, 2.05) is 6.07 Å². The maximum absolute atomic E-state index is 13.9. The molecule has 0 atom stereocenters. The number of hydrogen-bond donors (Lipinski definition) is 0. The number of nitrogens with zero attached hydrogens (tertiary/aromatic N) is 3. The Labute approximate surface area is 179 Å². The number of aromatic nitrogens is 1. The molecule has 0 unspecified atom stereocenters. The summed E-state index contributed by atoms with van der Waals surface area (Å²) in [4.78, 5) is 16.9. The first kappa shape index (κ1) is 21.0. The standard InChI is InChI=1S/C23H23F2N3O3/c1-16-20(15-30-19-8-6-18(24)7-9-19)22(26-31-16)23(29)28-12-10-27(11-13-28)14-17-4-2-3-5-21(17)25/h2-9H,10-15H2,1H3. The van der Waals surface area contributed by atoms with Crippen LogP contribution in [0.1, 0.15) is 27.4 Å². The molecular weight excluding hydrogens is 404 g/mol. The maximum atomic E-state index is 13.9. The molecule has 1 aromatic heterocycles. The lowest BCUT2D eigenvalue weighted by Crippen LogP contribution is -2.48. The van der Waals surface area contributed by atoms with Gasteiger partial charge in [-0.3, -0.25) is 9.69 Å². The van der Waals surface area contributed by atoms with Crippen LogP contribution in [0.25, 0.3) is 0 Å². The van der Waals surface area contributed by atoms with E-state index < -0.39 is 0 Å². The highest BCUT2D eigenvalue weighted by Crippen LogP contribution is 2.20. The Balaban J connectivity index is 1.37. The van der Waals surface area contributed by atoms with E-state index in [0.717, 1.165) is 0 Å². The van der Waals surface area contributed by atoms with Crippen LogP contribution < -0.4 is 4.74 Å². The lowest BCUT2D eigenvalue weighted by molar-refractivity contribution is 0.0615. The van der Waals surface area contributed by atoms with Crippen molar-refractivity contribution in [3.63, 3.8) is 0 Å². The fourth-order valence-corrected chi connectivity index (χ4v) is 3.54. The van der Waals surface area contributed by atoms with Crippen molar-refractivity contribution in [2.24, 2.45) is 0 Å². The number of halogens is 2. The van der Waals surface area contributed by atoms with Crippen LogP contribution >= 0.6 is 0 Å². The van der Waals surface area contributed by atoms with Crippen LogP contribution in [0.3, 0.4) is 0 Å². The van der Waals surface area contributed by atoms with Gasteiger partial charge >= 0.3 is 0 Å². The molecule has 1 aliphatic rings. The lowest BCUT2D eigenvalue weighted by Gasteiger charge is -2.34. The third-order valence-corrected chi connectivity index (χ3v) is 5.40. The quantitative estimate of drug-likeness (QED) is 0.599. The molecule has 1 fully saturated rings. The van der Waals surface area contributed by atoms with Crippen LogP contribution in [-0.2, 0) is 13.2 Å². The number of aryl methyl sites for hydroxylation is 1. The van der Waals surface area contributed by atoms with E-state index >= 15 is 0 Å². The molecule has 0 aliphatic carbocycles. The van der Waals surface area contributed by atoms with Crippen molar-refractivity contribution in [1.82, 2.24) is 15.0 Å². The van der Waals surface area contributed by atoms with Crippen molar-refractivity contribution < 1.29 is 22.8 Å². The van der Waals surface area contributed by atoms with Crippen molar-refractivity contribution in [2.75, 3.05) is 26.2 Å². The van der Waals surface area contributed by atoms with Gasteiger partial charge in [-0.1, -0.05) is 23.4 Å². The minimum atomic E-state index is -0.349. The number of hydrogen-bond acceptors (Lipinski definition) is 5. The number of ether oxygens (including phenoxy) is 1. The molecule has 0 saturated carbocycles. The molecule has 1 aliphatic heterocycles. The second kappa shape index (κ2) is 9.26. The summed E-state index contributed by atoms with van der Waals surface area (Å²) in [6, 6.07) is 12.4. The highest BCUT2D eigenvalue weighted by atomic mass is 19.1. The average molecular weight is 427 g/mol. The molecule has 0 N–H and O–H groups in total. The number of benzene rings is 2. The number of carbonyl (C=O) groups excluding carboxylic acids is 1. The summed E-state index contributed by atoms with van der Waals surface area (Å²) >= 11 is 0. The molecular formula is C23H23F2N3O3. The van der Waals surface area contributed by atoms with E-state index in [1.165, 1.54) is 30.3 Å². The maximum Gasteiger partial charge on any atom is 0.276 e. The first-order valence-corrected chi connectivity index (χ1v) is 10.1. The normalized spacial score (nSPS) is 14.6. The van der Waals surface area contributed by atoms with E-state index in [1.54, 1.807) is 24.0 Å². The number of rotatable bonds is 6. The fraction of sp³-hybridized carbons (Fsp3) is 0.304. The van der Waals surface area contributed by atoms with E-state index in [-0.39, 0.29) is 29.8 Å². The molecule has 0 bridgehead atoms. The highest BCUT2D eigenvalue weighted by molar-refractivity contribution is 5.93. The van der Waals surface area contributed by atoms with Gasteiger partial charge in [0.15, 0.2) is 5.69 Å². The molecule has 31 heavy (non-hydrogen) atoms. The predicted molar refractivity (Wildman–Crippen MR) is 110 cm³/mol. The molecule has 1 saturated heterocycles. The molecule has 0 radical (unpaired) electrons. The van der Waals surface area contributed by atoms with E-state index in [9.17, 15) is 13.6 Å². The van der Waals surface area contributed by atoms with Crippen LogP contribution in [0.2, 0.25) is 0 Å². The second-order valence-corrected chi connectivity index (χ2v) is 7.47. The zero-order valence-electron chi connectivity index (χ0n) is 17.2. The summed E-state index contributed by atoms with van der Waals surface area (Å²) in [7, 11) is 0. The SMILES string of the molecule is Cc1onc(C(=O)N2CCN(Cc3ccccc3F)CC2)c1COc1ccc(F)cc1. The van der Waals surface area contributed by atoms with Crippen molar-refractivity contribution in [3.05, 3.63) is 82.7 Å². The average Bonchev–Trinajstić information content (AvgIpc) is 3.15. The largest absolute Gasteiger partial charge is 0.489 e. The smallest absolute Gasteiger partial charge is 0.276 e. The summed E-state index contributed by atoms with van der Waals surface area (Å²) in [6.45, 7) is 4.62. The van der Waals surface area contributed by atoms with Crippen molar-refractivity contribution in [3.8, 4) is 5.75 Å². The molecule has 0 spiro atoms. The Bertz CT molecular complexity index is 1040. The molecule has 6 nitrogen and oxygen atoms in total. The van der Waals surface area contributed by atoms with Crippen molar-refractivity contribution >= 4 is 5.91 Å². The number of amides is 1. The van der Waals surface area contributed by atoms with Crippen molar-refractivity contribution in [2.45, 2.75) is 20.1 Å². The lowest BCUT2D eigenvalue weighted by atomic mass is 10.1. The van der Waals surface area contributed by atoms with Gasteiger partial charge in [0.1, 0.15) is 29.8 Å². The molecule has 1 amide bonds. The van der Waals surface area contributed by atoms with Crippen LogP contribution in [0.5, 0.6) is 5.75 Å². The molecule has 162 valence electrons. The van der Waals surface area contributed by atoms with Gasteiger partial charge in [0.25, 0.3) is 5.91 Å². The van der Waals surface area contributed by atoms with Gasteiger partial charge < -0.3 is 14.2 Å². The Morgan fingerprint density at radius 1 is 1.06 bits per heavy atom. The van der Waals surface area contributed by atoms with Gasteiger partial charge in [-0.05, 0) is 37.3 Å². The summed E-state index contributed by atoms with van der Waals surface area (Å²) in [5, 5.41) is 3.95. The summed E-state index contributed by atoms with van der Waals surface area (Å²) in [6.07, 6.45) is 0. The molecule has 3 aromatic rings. The second-order valence-electron chi connectivity index (χ2n) is 7.47. The Hall–Kier alpha value is -3.26. The van der Waals surface area contributed by atoms with E-state index in [2.05, 4.69) is 10.1 Å².